The van der Waals surface area contributed by atoms with Gasteiger partial charge in [0.15, 0.2) is 0 Å². The van der Waals surface area contributed by atoms with Gasteiger partial charge in [-0.25, -0.2) is 0 Å². The topological polar surface area (TPSA) is 90.4 Å². The Labute approximate surface area is 132 Å². The molecule has 0 saturated carbocycles. The normalized spacial score (nSPS) is 10.3. The van der Waals surface area contributed by atoms with Crippen LogP contribution in [-0.4, -0.2) is 18.2 Å². The lowest BCUT2D eigenvalue weighted by Gasteiger charge is -2.07. The Morgan fingerprint density at radius 2 is 1.70 bits per heavy atom. The van der Waals surface area contributed by atoms with Gasteiger partial charge in [-0.05, 0) is 36.4 Å². The SMILES string of the molecule is COc1ccc(Nc2ccc(-c3cc(C(N)=O)on3)cc2)cc1. The zero-order valence-electron chi connectivity index (χ0n) is 12.4. The van der Waals surface area contributed by atoms with E-state index in [4.69, 9.17) is 15.0 Å². The van der Waals surface area contributed by atoms with E-state index in [0.717, 1.165) is 22.7 Å². The number of amides is 1. The van der Waals surface area contributed by atoms with E-state index in [-0.39, 0.29) is 5.76 Å². The number of hydrogen-bond acceptors (Lipinski definition) is 5. The van der Waals surface area contributed by atoms with Crippen LogP contribution < -0.4 is 15.8 Å². The van der Waals surface area contributed by atoms with Crippen LogP contribution >= 0.6 is 0 Å². The summed E-state index contributed by atoms with van der Waals surface area (Å²) < 4.78 is 10.0. The number of nitrogens with two attached hydrogens (primary N) is 1. The number of nitrogens with one attached hydrogen (secondary N) is 1. The van der Waals surface area contributed by atoms with E-state index in [0.29, 0.717) is 5.69 Å². The van der Waals surface area contributed by atoms with Crippen molar-refractivity contribution in [1.29, 1.82) is 0 Å². The molecule has 3 aromatic rings. The number of aromatic nitrogens is 1. The lowest BCUT2D eigenvalue weighted by atomic mass is 10.1. The number of nitrogens with zero attached hydrogens (tertiary/aromatic N) is 1. The highest BCUT2D eigenvalue weighted by atomic mass is 16.5. The first-order valence-electron chi connectivity index (χ1n) is 6.94. The number of benzene rings is 2. The Hall–Kier alpha value is -3.28. The number of ether oxygens (including phenoxy) is 1. The molecule has 6 nitrogen and oxygen atoms in total. The van der Waals surface area contributed by atoms with E-state index >= 15 is 0 Å². The molecule has 0 radical (unpaired) electrons. The molecule has 0 aliphatic carbocycles. The highest BCUT2D eigenvalue weighted by Crippen LogP contribution is 2.24. The molecule has 0 fully saturated rings. The van der Waals surface area contributed by atoms with Gasteiger partial charge in [0.05, 0.1) is 7.11 Å². The molecule has 3 rings (SSSR count). The van der Waals surface area contributed by atoms with Gasteiger partial charge in [0.25, 0.3) is 5.91 Å². The second-order valence-electron chi connectivity index (χ2n) is 4.87. The number of rotatable bonds is 5. The summed E-state index contributed by atoms with van der Waals surface area (Å²) >= 11 is 0. The summed E-state index contributed by atoms with van der Waals surface area (Å²) in [6, 6.07) is 16.8. The van der Waals surface area contributed by atoms with Gasteiger partial charge in [-0.2, -0.15) is 0 Å². The van der Waals surface area contributed by atoms with Gasteiger partial charge < -0.3 is 20.3 Å². The van der Waals surface area contributed by atoms with Gasteiger partial charge >= 0.3 is 0 Å². The van der Waals surface area contributed by atoms with Crippen LogP contribution in [0, 0.1) is 0 Å². The predicted molar refractivity (Wildman–Crippen MR) is 86.7 cm³/mol. The molecule has 0 spiro atoms. The third kappa shape index (κ3) is 3.32. The maximum atomic E-state index is 11.0. The molecule has 0 saturated heterocycles. The van der Waals surface area contributed by atoms with Crippen LogP contribution in [0.1, 0.15) is 10.6 Å². The summed E-state index contributed by atoms with van der Waals surface area (Å²) in [5.74, 6) is 0.212. The van der Waals surface area contributed by atoms with Crippen molar-refractivity contribution >= 4 is 17.3 Å². The molecule has 0 aliphatic heterocycles. The quantitative estimate of drug-likeness (QED) is 0.755. The second-order valence-corrected chi connectivity index (χ2v) is 4.87. The molecule has 0 unspecified atom stereocenters. The van der Waals surface area contributed by atoms with Crippen LogP contribution in [0.3, 0.4) is 0 Å². The molecule has 1 amide bonds. The van der Waals surface area contributed by atoms with Crippen LogP contribution in [0.2, 0.25) is 0 Å². The van der Waals surface area contributed by atoms with Crippen LogP contribution in [0.15, 0.2) is 59.1 Å². The summed E-state index contributed by atoms with van der Waals surface area (Å²) in [7, 11) is 1.63. The lowest BCUT2D eigenvalue weighted by Crippen LogP contribution is -2.09. The van der Waals surface area contributed by atoms with E-state index in [2.05, 4.69) is 10.5 Å². The summed E-state index contributed by atoms with van der Waals surface area (Å²) in [6.45, 7) is 0. The molecular weight excluding hydrogens is 294 g/mol. The summed E-state index contributed by atoms with van der Waals surface area (Å²) in [6.07, 6.45) is 0. The van der Waals surface area contributed by atoms with Gasteiger partial charge in [0.1, 0.15) is 11.4 Å². The number of methoxy groups -OCH3 is 1. The molecule has 116 valence electrons. The molecule has 0 atom stereocenters. The third-order valence-electron chi connectivity index (χ3n) is 3.31. The average Bonchev–Trinajstić information content (AvgIpc) is 3.07. The fraction of sp³-hybridized carbons (Fsp3) is 0.0588. The number of anilines is 2. The Balaban J connectivity index is 1.74. The monoisotopic (exact) mass is 309 g/mol. The maximum Gasteiger partial charge on any atom is 0.287 e. The van der Waals surface area contributed by atoms with Crippen molar-refractivity contribution in [3.05, 3.63) is 60.4 Å². The van der Waals surface area contributed by atoms with Gasteiger partial charge in [-0.3, -0.25) is 4.79 Å². The predicted octanol–water partition coefficient (Wildman–Crippen LogP) is 3.19. The van der Waals surface area contributed by atoms with Gasteiger partial charge in [0, 0.05) is 23.0 Å². The van der Waals surface area contributed by atoms with Gasteiger partial charge in [0.2, 0.25) is 5.76 Å². The van der Waals surface area contributed by atoms with Crippen LogP contribution in [-0.2, 0) is 0 Å². The second kappa shape index (κ2) is 6.23. The first kappa shape index (κ1) is 14.6. The Kier molecular flexibility index (Phi) is 3.97. The average molecular weight is 309 g/mol. The first-order valence-corrected chi connectivity index (χ1v) is 6.94. The minimum Gasteiger partial charge on any atom is -0.497 e. The van der Waals surface area contributed by atoms with Crippen molar-refractivity contribution in [2.45, 2.75) is 0 Å². The zero-order valence-corrected chi connectivity index (χ0v) is 12.4. The molecule has 6 heteroatoms. The molecule has 3 N–H and O–H groups in total. The van der Waals surface area contributed by atoms with E-state index < -0.39 is 5.91 Å². The van der Waals surface area contributed by atoms with Crippen molar-refractivity contribution in [2.24, 2.45) is 5.73 Å². The minimum atomic E-state index is -0.637. The van der Waals surface area contributed by atoms with E-state index in [1.54, 1.807) is 7.11 Å². The van der Waals surface area contributed by atoms with Crippen molar-refractivity contribution < 1.29 is 14.1 Å². The zero-order chi connectivity index (χ0) is 16.2. The smallest absolute Gasteiger partial charge is 0.287 e. The van der Waals surface area contributed by atoms with Crippen molar-refractivity contribution in [3.8, 4) is 17.0 Å². The summed E-state index contributed by atoms with van der Waals surface area (Å²) in [5, 5.41) is 7.11. The molecule has 2 aromatic carbocycles. The molecule has 0 aliphatic rings. The van der Waals surface area contributed by atoms with Crippen LogP contribution in [0.5, 0.6) is 5.75 Å². The minimum absolute atomic E-state index is 0.0421. The molecule has 23 heavy (non-hydrogen) atoms. The fourth-order valence-corrected chi connectivity index (χ4v) is 2.09. The van der Waals surface area contributed by atoms with Crippen molar-refractivity contribution in [2.75, 3.05) is 12.4 Å². The molecule has 1 heterocycles. The lowest BCUT2D eigenvalue weighted by molar-refractivity contribution is 0.0965. The van der Waals surface area contributed by atoms with E-state index in [1.165, 1.54) is 6.07 Å². The summed E-state index contributed by atoms with van der Waals surface area (Å²) in [5.41, 5.74) is 8.43. The maximum absolute atomic E-state index is 11.0. The van der Waals surface area contributed by atoms with Crippen LogP contribution in [0.25, 0.3) is 11.3 Å². The highest BCUT2D eigenvalue weighted by molar-refractivity contribution is 5.90. The van der Waals surface area contributed by atoms with Crippen LogP contribution in [0.4, 0.5) is 11.4 Å². The van der Waals surface area contributed by atoms with E-state index in [9.17, 15) is 4.79 Å². The summed E-state index contributed by atoms with van der Waals surface area (Å²) in [4.78, 5) is 11.0. The standard InChI is InChI=1S/C17H15N3O3/c1-22-14-8-6-13(7-9-14)19-12-4-2-11(3-5-12)15-10-16(17(18)21)23-20-15/h2-10,19H,1H3,(H2,18,21). The Morgan fingerprint density at radius 3 is 2.22 bits per heavy atom. The fourth-order valence-electron chi connectivity index (χ4n) is 2.09. The molecular formula is C17H15N3O3. The number of carbonyl (C=O) groups is 1. The van der Waals surface area contributed by atoms with Crippen molar-refractivity contribution in [1.82, 2.24) is 5.16 Å². The Bertz CT molecular complexity index is 808. The third-order valence-corrected chi connectivity index (χ3v) is 3.31. The van der Waals surface area contributed by atoms with E-state index in [1.807, 2.05) is 48.5 Å². The molecule has 0 bridgehead atoms. The first-order chi connectivity index (χ1) is 11.2. The largest absolute Gasteiger partial charge is 0.497 e. The number of primary amides is 1. The van der Waals surface area contributed by atoms with Crippen molar-refractivity contribution in [3.63, 3.8) is 0 Å². The van der Waals surface area contributed by atoms with Gasteiger partial charge in [-0.1, -0.05) is 17.3 Å². The number of hydrogen-bond donors (Lipinski definition) is 2. The number of carbonyl (C=O) groups excluding carboxylic acids is 1. The highest BCUT2D eigenvalue weighted by Gasteiger charge is 2.10. The van der Waals surface area contributed by atoms with Gasteiger partial charge in [-0.15, -0.1) is 0 Å². The molecule has 1 aromatic heterocycles. The Morgan fingerprint density at radius 1 is 1.09 bits per heavy atom.